The molecule has 1 aliphatic carbocycles. The van der Waals surface area contributed by atoms with Gasteiger partial charge in [-0.05, 0) is 39.2 Å². The fourth-order valence-electron chi connectivity index (χ4n) is 2.18. The molecule has 3 N–H and O–H groups in total. The van der Waals surface area contributed by atoms with Crippen LogP contribution in [0.5, 0.6) is 0 Å². The zero-order chi connectivity index (χ0) is 10.6. The lowest BCUT2D eigenvalue weighted by Crippen LogP contribution is -2.50. The molecule has 0 amide bonds. The monoisotopic (exact) mass is 194 g/mol. The van der Waals surface area contributed by atoms with Crippen LogP contribution in [0.15, 0.2) is 0 Å². The number of hydrogen-bond acceptors (Lipinski definition) is 2. The van der Waals surface area contributed by atoms with Gasteiger partial charge in [0.25, 0.3) is 0 Å². The van der Waals surface area contributed by atoms with E-state index in [9.17, 15) is 0 Å². The predicted molar refractivity (Wildman–Crippen MR) is 60.8 cm³/mol. The molecule has 2 unspecified atom stereocenters. The summed E-state index contributed by atoms with van der Waals surface area (Å²) in [5, 5.41) is 3.53. The zero-order valence-electron chi connectivity index (χ0n) is 9.34. The minimum absolute atomic E-state index is 0.199. The Bertz CT molecular complexity index is 215. The van der Waals surface area contributed by atoms with Crippen molar-refractivity contribution in [1.82, 2.24) is 5.32 Å². The second-order valence-corrected chi connectivity index (χ2v) is 4.80. The molecule has 1 fully saturated rings. The summed E-state index contributed by atoms with van der Waals surface area (Å²) in [5.41, 5.74) is 5.56. The van der Waals surface area contributed by atoms with Crippen molar-refractivity contribution >= 4 is 0 Å². The molecule has 80 valence electrons. The van der Waals surface area contributed by atoms with E-state index >= 15 is 0 Å². The summed E-state index contributed by atoms with van der Waals surface area (Å²) < 4.78 is 0. The SMILES string of the molecule is C#CC(C)(C)NC1CCCCC1CN. The summed E-state index contributed by atoms with van der Waals surface area (Å²) in [6.07, 6.45) is 10.5. The van der Waals surface area contributed by atoms with Gasteiger partial charge in [0, 0.05) is 6.04 Å². The van der Waals surface area contributed by atoms with E-state index in [1.54, 1.807) is 0 Å². The molecule has 1 aliphatic rings. The van der Waals surface area contributed by atoms with Gasteiger partial charge < -0.3 is 5.73 Å². The summed E-state index contributed by atoms with van der Waals surface area (Å²) >= 11 is 0. The smallest absolute Gasteiger partial charge is 0.0743 e. The first-order chi connectivity index (χ1) is 6.59. The number of nitrogens with two attached hydrogens (primary N) is 1. The highest BCUT2D eigenvalue weighted by Crippen LogP contribution is 2.25. The Labute approximate surface area is 87.6 Å². The first kappa shape index (κ1) is 11.6. The summed E-state index contributed by atoms with van der Waals surface area (Å²) in [4.78, 5) is 0. The standard InChI is InChI=1S/C12H22N2/c1-4-12(2,3)14-11-8-6-5-7-10(11)9-13/h1,10-11,14H,5-9,13H2,2-3H3. The van der Waals surface area contributed by atoms with Gasteiger partial charge in [-0.1, -0.05) is 18.8 Å². The summed E-state index contributed by atoms with van der Waals surface area (Å²) in [7, 11) is 0. The molecular formula is C12H22N2. The topological polar surface area (TPSA) is 38.0 Å². The molecule has 2 atom stereocenters. The van der Waals surface area contributed by atoms with Crippen molar-refractivity contribution in [2.45, 2.75) is 51.1 Å². The van der Waals surface area contributed by atoms with Gasteiger partial charge in [0.05, 0.1) is 5.54 Å². The van der Waals surface area contributed by atoms with Gasteiger partial charge >= 0.3 is 0 Å². The fraction of sp³-hybridized carbons (Fsp3) is 0.833. The summed E-state index contributed by atoms with van der Waals surface area (Å²) in [5.74, 6) is 3.39. The van der Waals surface area contributed by atoms with E-state index in [2.05, 4.69) is 25.1 Å². The van der Waals surface area contributed by atoms with Crippen molar-refractivity contribution in [3.05, 3.63) is 0 Å². The Morgan fingerprint density at radius 2 is 2.07 bits per heavy atom. The number of nitrogens with one attached hydrogen (secondary N) is 1. The predicted octanol–water partition coefficient (Wildman–Crippen LogP) is 1.51. The second kappa shape index (κ2) is 4.82. The third-order valence-electron chi connectivity index (χ3n) is 3.12. The Kier molecular flexibility index (Phi) is 3.97. The Hall–Kier alpha value is -0.520. The minimum Gasteiger partial charge on any atom is -0.330 e. The zero-order valence-corrected chi connectivity index (χ0v) is 9.34. The van der Waals surface area contributed by atoms with Crippen molar-refractivity contribution in [2.24, 2.45) is 11.7 Å². The van der Waals surface area contributed by atoms with Crippen molar-refractivity contribution in [3.63, 3.8) is 0 Å². The lowest BCUT2D eigenvalue weighted by atomic mass is 9.83. The molecule has 0 heterocycles. The molecule has 0 spiro atoms. The molecule has 0 bridgehead atoms. The van der Waals surface area contributed by atoms with E-state index in [0.717, 1.165) is 6.54 Å². The molecule has 0 radical (unpaired) electrons. The first-order valence-electron chi connectivity index (χ1n) is 5.54. The average molecular weight is 194 g/mol. The maximum Gasteiger partial charge on any atom is 0.0743 e. The molecule has 2 nitrogen and oxygen atoms in total. The Balaban J connectivity index is 2.53. The van der Waals surface area contributed by atoms with Gasteiger partial charge in [-0.3, -0.25) is 5.32 Å². The van der Waals surface area contributed by atoms with E-state index in [1.165, 1.54) is 25.7 Å². The Morgan fingerprint density at radius 3 is 2.64 bits per heavy atom. The van der Waals surface area contributed by atoms with Gasteiger partial charge in [-0.2, -0.15) is 0 Å². The van der Waals surface area contributed by atoms with Crippen LogP contribution in [-0.4, -0.2) is 18.1 Å². The first-order valence-corrected chi connectivity index (χ1v) is 5.54. The highest BCUT2D eigenvalue weighted by Gasteiger charge is 2.27. The van der Waals surface area contributed by atoms with E-state index in [0.29, 0.717) is 12.0 Å². The van der Waals surface area contributed by atoms with Crippen LogP contribution in [0.3, 0.4) is 0 Å². The van der Waals surface area contributed by atoms with Crippen LogP contribution in [0.2, 0.25) is 0 Å². The van der Waals surface area contributed by atoms with Crippen LogP contribution in [0, 0.1) is 18.3 Å². The number of rotatable bonds is 3. The molecule has 1 saturated carbocycles. The van der Waals surface area contributed by atoms with Crippen LogP contribution < -0.4 is 11.1 Å². The van der Waals surface area contributed by atoms with Crippen molar-refractivity contribution in [2.75, 3.05) is 6.54 Å². The van der Waals surface area contributed by atoms with Crippen LogP contribution in [0.1, 0.15) is 39.5 Å². The fourth-order valence-corrected chi connectivity index (χ4v) is 2.18. The highest BCUT2D eigenvalue weighted by atomic mass is 15.0. The molecular weight excluding hydrogens is 172 g/mol. The van der Waals surface area contributed by atoms with Gasteiger partial charge in [0.15, 0.2) is 0 Å². The van der Waals surface area contributed by atoms with Crippen LogP contribution >= 0.6 is 0 Å². The largest absolute Gasteiger partial charge is 0.330 e. The van der Waals surface area contributed by atoms with E-state index in [4.69, 9.17) is 12.2 Å². The molecule has 0 aliphatic heterocycles. The minimum atomic E-state index is -0.199. The normalized spacial score (nSPS) is 28.4. The third-order valence-corrected chi connectivity index (χ3v) is 3.12. The van der Waals surface area contributed by atoms with Crippen molar-refractivity contribution < 1.29 is 0 Å². The molecule has 0 aromatic carbocycles. The molecule has 0 aromatic heterocycles. The molecule has 1 rings (SSSR count). The van der Waals surface area contributed by atoms with Crippen LogP contribution in [-0.2, 0) is 0 Å². The van der Waals surface area contributed by atoms with Crippen molar-refractivity contribution in [3.8, 4) is 12.3 Å². The van der Waals surface area contributed by atoms with Gasteiger partial charge in [-0.25, -0.2) is 0 Å². The molecule has 2 heteroatoms. The lowest BCUT2D eigenvalue weighted by Gasteiger charge is -2.36. The molecule has 0 aromatic rings. The van der Waals surface area contributed by atoms with Crippen LogP contribution in [0.25, 0.3) is 0 Å². The quantitative estimate of drug-likeness (QED) is 0.668. The van der Waals surface area contributed by atoms with Gasteiger partial charge in [0.1, 0.15) is 0 Å². The summed E-state index contributed by atoms with van der Waals surface area (Å²) in [6, 6.07) is 0.514. The highest BCUT2D eigenvalue weighted by molar-refractivity contribution is 5.09. The maximum absolute atomic E-state index is 5.76. The third kappa shape index (κ3) is 3.01. The Morgan fingerprint density at radius 1 is 1.43 bits per heavy atom. The second-order valence-electron chi connectivity index (χ2n) is 4.80. The van der Waals surface area contributed by atoms with Gasteiger partial charge in [0.2, 0.25) is 0 Å². The summed E-state index contributed by atoms with van der Waals surface area (Å²) in [6.45, 7) is 4.88. The molecule has 0 saturated heterocycles. The van der Waals surface area contributed by atoms with Crippen molar-refractivity contribution in [1.29, 1.82) is 0 Å². The van der Waals surface area contributed by atoms with Gasteiger partial charge in [-0.15, -0.1) is 6.42 Å². The number of hydrogen-bond donors (Lipinski definition) is 2. The average Bonchev–Trinajstić information content (AvgIpc) is 2.18. The van der Waals surface area contributed by atoms with Crippen LogP contribution in [0.4, 0.5) is 0 Å². The van der Waals surface area contributed by atoms with E-state index in [-0.39, 0.29) is 5.54 Å². The lowest BCUT2D eigenvalue weighted by molar-refractivity contribution is 0.238. The molecule has 14 heavy (non-hydrogen) atoms. The van der Waals surface area contributed by atoms with E-state index in [1.807, 2.05) is 0 Å². The number of terminal acetylenes is 1. The maximum atomic E-state index is 5.76. The van der Waals surface area contributed by atoms with E-state index < -0.39 is 0 Å².